The van der Waals surface area contributed by atoms with Gasteiger partial charge in [0.15, 0.2) is 0 Å². The van der Waals surface area contributed by atoms with Crippen molar-refractivity contribution in [3.05, 3.63) is 23.9 Å². The Kier molecular flexibility index (Phi) is 4.42. The van der Waals surface area contributed by atoms with Gasteiger partial charge in [-0.2, -0.15) is 0 Å². The topological polar surface area (TPSA) is 51.4 Å². The summed E-state index contributed by atoms with van der Waals surface area (Å²) in [7, 11) is 1.80. The van der Waals surface area contributed by atoms with Crippen molar-refractivity contribution in [3.63, 3.8) is 0 Å². The highest BCUT2D eigenvalue weighted by atomic mass is 16.5. The zero-order valence-electron chi connectivity index (χ0n) is 12.2. The highest BCUT2D eigenvalue weighted by Gasteiger charge is 2.32. The van der Waals surface area contributed by atoms with Gasteiger partial charge in [0.05, 0.1) is 5.60 Å². The van der Waals surface area contributed by atoms with E-state index in [1.165, 1.54) is 5.56 Å². The third-order valence-corrected chi connectivity index (χ3v) is 3.86. The highest BCUT2D eigenvalue weighted by Crippen LogP contribution is 2.29. The lowest BCUT2D eigenvalue weighted by Gasteiger charge is -2.40. The molecule has 19 heavy (non-hydrogen) atoms. The van der Waals surface area contributed by atoms with Crippen LogP contribution in [0, 0.1) is 0 Å². The first kappa shape index (κ1) is 14.3. The average molecular weight is 263 g/mol. The van der Waals surface area contributed by atoms with Gasteiger partial charge in [-0.05, 0) is 44.7 Å². The van der Waals surface area contributed by atoms with Gasteiger partial charge in [-0.25, -0.2) is 4.98 Å². The molecule has 106 valence electrons. The summed E-state index contributed by atoms with van der Waals surface area (Å²) in [6.45, 7) is 6.15. The summed E-state index contributed by atoms with van der Waals surface area (Å²) in [4.78, 5) is 6.91. The quantitative estimate of drug-likeness (QED) is 0.902. The van der Waals surface area contributed by atoms with E-state index in [9.17, 15) is 0 Å². The van der Waals surface area contributed by atoms with Crippen molar-refractivity contribution in [3.8, 4) is 0 Å². The number of nitrogens with zero attached hydrogens (tertiary/aromatic N) is 2. The predicted octanol–water partition coefficient (Wildman–Crippen LogP) is 1.98. The number of aromatic nitrogens is 1. The summed E-state index contributed by atoms with van der Waals surface area (Å²) in [5.74, 6) is 1.07. The molecule has 0 spiro atoms. The summed E-state index contributed by atoms with van der Waals surface area (Å²) in [6, 6.07) is 4.27. The molecule has 2 rings (SSSR count). The summed E-state index contributed by atoms with van der Waals surface area (Å²) in [5, 5.41) is 0. The SMILES string of the molecule is COC1(C)CCCN(c2ncccc2CC(C)N)C1. The van der Waals surface area contributed by atoms with E-state index in [2.05, 4.69) is 22.9 Å². The molecule has 4 heteroatoms. The molecule has 4 nitrogen and oxygen atoms in total. The van der Waals surface area contributed by atoms with E-state index in [1.807, 2.05) is 19.2 Å². The molecule has 2 heterocycles. The Morgan fingerprint density at radius 1 is 1.58 bits per heavy atom. The van der Waals surface area contributed by atoms with Crippen LogP contribution in [0.1, 0.15) is 32.3 Å². The largest absolute Gasteiger partial charge is 0.377 e. The van der Waals surface area contributed by atoms with Crippen molar-refractivity contribution in [1.82, 2.24) is 4.98 Å². The number of rotatable bonds is 4. The van der Waals surface area contributed by atoms with E-state index >= 15 is 0 Å². The number of ether oxygens (including phenoxy) is 1. The molecule has 2 N–H and O–H groups in total. The molecule has 0 radical (unpaired) electrons. The standard InChI is InChI=1S/C15H25N3O/c1-12(16)10-13-6-4-8-17-14(13)18-9-5-7-15(2,11-18)19-3/h4,6,8,12H,5,7,9-11,16H2,1-3H3. The van der Waals surface area contributed by atoms with Gasteiger partial charge in [0.2, 0.25) is 0 Å². The minimum Gasteiger partial charge on any atom is -0.377 e. The molecule has 0 saturated carbocycles. The molecular weight excluding hydrogens is 238 g/mol. The van der Waals surface area contributed by atoms with Crippen LogP contribution in [-0.2, 0) is 11.2 Å². The van der Waals surface area contributed by atoms with Crippen LogP contribution in [-0.4, -0.2) is 36.8 Å². The fraction of sp³-hybridized carbons (Fsp3) is 0.667. The number of pyridine rings is 1. The third kappa shape index (κ3) is 3.45. The van der Waals surface area contributed by atoms with Crippen molar-refractivity contribution >= 4 is 5.82 Å². The van der Waals surface area contributed by atoms with Gasteiger partial charge < -0.3 is 15.4 Å². The van der Waals surface area contributed by atoms with E-state index < -0.39 is 0 Å². The second-order valence-corrected chi connectivity index (χ2v) is 5.85. The van der Waals surface area contributed by atoms with Crippen molar-refractivity contribution in [1.29, 1.82) is 0 Å². The van der Waals surface area contributed by atoms with E-state index in [0.717, 1.165) is 38.2 Å². The van der Waals surface area contributed by atoms with Crippen LogP contribution in [0.25, 0.3) is 0 Å². The minimum atomic E-state index is -0.0681. The number of piperidine rings is 1. The van der Waals surface area contributed by atoms with Crippen molar-refractivity contribution in [2.45, 2.75) is 44.8 Å². The molecule has 1 aromatic heterocycles. The number of hydrogen-bond acceptors (Lipinski definition) is 4. The lowest BCUT2D eigenvalue weighted by atomic mass is 9.94. The van der Waals surface area contributed by atoms with Gasteiger partial charge in [0.1, 0.15) is 5.82 Å². The van der Waals surface area contributed by atoms with Crippen molar-refractivity contribution in [2.24, 2.45) is 5.73 Å². The Labute approximate surface area is 116 Å². The first-order chi connectivity index (χ1) is 9.04. The van der Waals surface area contributed by atoms with Crippen LogP contribution in [0.2, 0.25) is 0 Å². The van der Waals surface area contributed by atoms with E-state index in [1.54, 1.807) is 7.11 Å². The first-order valence-electron chi connectivity index (χ1n) is 7.04. The number of anilines is 1. The van der Waals surface area contributed by atoms with Gasteiger partial charge in [-0.3, -0.25) is 0 Å². The third-order valence-electron chi connectivity index (χ3n) is 3.86. The van der Waals surface area contributed by atoms with Crippen molar-refractivity contribution < 1.29 is 4.74 Å². The number of methoxy groups -OCH3 is 1. The Balaban J connectivity index is 2.21. The lowest BCUT2D eigenvalue weighted by Crippen LogP contribution is -2.48. The molecule has 0 aliphatic carbocycles. The zero-order valence-corrected chi connectivity index (χ0v) is 12.2. The normalized spacial score (nSPS) is 25.4. The van der Waals surface area contributed by atoms with E-state index in [-0.39, 0.29) is 11.6 Å². The van der Waals surface area contributed by atoms with Crippen LogP contribution in [0.4, 0.5) is 5.82 Å². The van der Waals surface area contributed by atoms with Crippen LogP contribution < -0.4 is 10.6 Å². The van der Waals surface area contributed by atoms with Crippen LogP contribution in [0.3, 0.4) is 0 Å². The fourth-order valence-electron chi connectivity index (χ4n) is 2.77. The summed E-state index contributed by atoms with van der Waals surface area (Å²) < 4.78 is 5.66. The molecule has 1 aromatic rings. The first-order valence-corrected chi connectivity index (χ1v) is 7.04. The molecule has 0 aromatic carbocycles. The summed E-state index contributed by atoms with van der Waals surface area (Å²) >= 11 is 0. The Hall–Kier alpha value is -1.13. The lowest BCUT2D eigenvalue weighted by molar-refractivity contribution is -0.00484. The molecule has 0 bridgehead atoms. The Morgan fingerprint density at radius 2 is 2.37 bits per heavy atom. The van der Waals surface area contributed by atoms with Crippen LogP contribution in [0.15, 0.2) is 18.3 Å². The monoisotopic (exact) mass is 263 g/mol. The van der Waals surface area contributed by atoms with Crippen molar-refractivity contribution in [2.75, 3.05) is 25.1 Å². The molecule has 1 saturated heterocycles. The Morgan fingerprint density at radius 3 is 3.05 bits per heavy atom. The molecule has 1 aliphatic rings. The van der Waals surface area contributed by atoms with Gasteiger partial charge in [0.25, 0.3) is 0 Å². The zero-order chi connectivity index (χ0) is 13.9. The maximum atomic E-state index is 5.93. The fourth-order valence-corrected chi connectivity index (χ4v) is 2.77. The molecule has 1 aliphatic heterocycles. The predicted molar refractivity (Wildman–Crippen MR) is 78.5 cm³/mol. The van der Waals surface area contributed by atoms with Gasteiger partial charge >= 0.3 is 0 Å². The molecule has 0 amide bonds. The number of hydrogen-bond donors (Lipinski definition) is 1. The second-order valence-electron chi connectivity index (χ2n) is 5.85. The smallest absolute Gasteiger partial charge is 0.131 e. The second kappa shape index (κ2) is 5.88. The molecule has 1 fully saturated rings. The molecule has 2 unspecified atom stereocenters. The maximum Gasteiger partial charge on any atom is 0.131 e. The minimum absolute atomic E-state index is 0.0681. The van der Waals surface area contributed by atoms with E-state index in [4.69, 9.17) is 10.5 Å². The average Bonchev–Trinajstić information content (AvgIpc) is 2.39. The van der Waals surface area contributed by atoms with Gasteiger partial charge in [-0.15, -0.1) is 0 Å². The molecular formula is C15H25N3O. The van der Waals surface area contributed by atoms with Gasteiger partial charge in [0, 0.05) is 32.4 Å². The van der Waals surface area contributed by atoms with Crippen LogP contribution in [0.5, 0.6) is 0 Å². The summed E-state index contributed by atoms with van der Waals surface area (Å²) in [5.41, 5.74) is 7.10. The van der Waals surface area contributed by atoms with Crippen LogP contribution >= 0.6 is 0 Å². The van der Waals surface area contributed by atoms with E-state index in [0.29, 0.717) is 0 Å². The maximum absolute atomic E-state index is 5.93. The Bertz CT molecular complexity index is 422. The molecule has 2 atom stereocenters. The highest BCUT2D eigenvalue weighted by molar-refractivity contribution is 5.48. The number of nitrogens with two attached hydrogens (primary N) is 1. The van der Waals surface area contributed by atoms with Gasteiger partial charge in [-0.1, -0.05) is 6.07 Å². The summed E-state index contributed by atoms with van der Waals surface area (Å²) in [6.07, 6.45) is 4.97.